The molecule has 0 radical (unpaired) electrons. The van der Waals surface area contributed by atoms with Gasteiger partial charge in [0, 0.05) is 28.5 Å². The number of benzene rings is 2. The molecule has 0 saturated carbocycles. The molecule has 0 atom stereocenters. The van der Waals surface area contributed by atoms with Crippen LogP contribution in [0, 0.1) is 26.9 Å². The summed E-state index contributed by atoms with van der Waals surface area (Å²) in [7, 11) is 1.62. The van der Waals surface area contributed by atoms with Gasteiger partial charge in [0.1, 0.15) is 5.75 Å². The Hall–Kier alpha value is -2.34. The minimum absolute atomic E-state index is 0. The molecule has 0 N–H and O–H groups in total. The quantitative estimate of drug-likeness (QED) is 0.476. The fourth-order valence-corrected chi connectivity index (χ4v) is 1.96. The van der Waals surface area contributed by atoms with Crippen LogP contribution in [0.2, 0.25) is 0 Å². The molecule has 0 aliphatic carbocycles. The second kappa shape index (κ2) is 17.0. The third-order valence-electron chi connectivity index (χ3n) is 2.82. The summed E-state index contributed by atoms with van der Waals surface area (Å²) < 4.78 is 27.8. The van der Waals surface area contributed by atoms with Crippen molar-refractivity contribution >= 4 is 6.29 Å². The number of rotatable bonds is 3. The van der Waals surface area contributed by atoms with Gasteiger partial charge in [0.15, 0.2) is 6.29 Å². The van der Waals surface area contributed by atoms with Crippen molar-refractivity contribution in [3.8, 4) is 16.9 Å². The van der Waals surface area contributed by atoms with Gasteiger partial charge in [-0.15, -0.1) is 0 Å². The summed E-state index contributed by atoms with van der Waals surface area (Å²) in [5, 5.41) is 0. The Bertz CT molecular complexity index is 660. The predicted octanol–water partition coefficient (Wildman–Crippen LogP) is 3.37. The van der Waals surface area contributed by atoms with Crippen LogP contribution in [-0.4, -0.2) is 13.4 Å². The van der Waals surface area contributed by atoms with E-state index in [1.807, 2.05) is 43.3 Å². The Morgan fingerprint density at radius 1 is 0.917 bits per heavy atom. The first-order chi connectivity index (χ1) is 11.3. The maximum Gasteiger partial charge on any atom is 0 e. The van der Waals surface area contributed by atoms with Crippen LogP contribution in [0.4, 0.5) is 0 Å². The van der Waals surface area contributed by atoms with Gasteiger partial charge in [0.25, 0.3) is 0 Å². The number of hydrogen-bond donors (Lipinski definition) is 0. The fraction of sp³-hybridized carbons (Fsp3) is 0.111. The topological polar surface area (TPSA) is 86.0 Å². The van der Waals surface area contributed by atoms with E-state index in [0.29, 0.717) is 5.56 Å². The zero-order valence-electron chi connectivity index (χ0n) is 13.1. The second-order valence-electron chi connectivity index (χ2n) is 3.86. The molecule has 0 saturated heterocycles. The molecule has 2 aromatic carbocycles. The molecule has 0 aliphatic rings. The van der Waals surface area contributed by atoms with Crippen LogP contribution < -0.4 is 4.74 Å². The Morgan fingerprint density at radius 3 is 1.92 bits per heavy atom. The number of ether oxygens (including phenoxy) is 1. The number of carbonyl (C=O) groups is 1. The van der Waals surface area contributed by atoms with Gasteiger partial charge < -0.3 is 4.74 Å². The standard InChI is InChI=1S/C15H14O2.3CO.Cr/c1-11-6-3-4-8-13(11)15-12(10-16)7-5-9-14(15)17-2;3*1-2;/h3-10H,1-2H3;;;;. The van der Waals surface area contributed by atoms with Crippen molar-refractivity contribution in [2.45, 2.75) is 6.92 Å². The predicted molar refractivity (Wildman–Crippen MR) is 80.3 cm³/mol. The second-order valence-corrected chi connectivity index (χ2v) is 3.86. The van der Waals surface area contributed by atoms with Crippen LogP contribution in [0.1, 0.15) is 15.9 Å². The molecule has 2 rings (SSSR count). The van der Waals surface area contributed by atoms with Crippen molar-refractivity contribution in [3.63, 3.8) is 0 Å². The summed E-state index contributed by atoms with van der Waals surface area (Å²) in [6.07, 6.45) is 0.865. The van der Waals surface area contributed by atoms with Crippen molar-refractivity contribution < 1.29 is 40.8 Å². The molecule has 24 heavy (non-hydrogen) atoms. The third-order valence-corrected chi connectivity index (χ3v) is 2.82. The zero-order chi connectivity index (χ0) is 18.3. The van der Waals surface area contributed by atoms with Gasteiger partial charge in [0.2, 0.25) is 0 Å². The summed E-state index contributed by atoms with van der Waals surface area (Å²) in [5.41, 5.74) is 3.67. The first kappa shape index (κ1) is 26.6. The van der Waals surface area contributed by atoms with Crippen LogP contribution in [-0.2, 0) is 31.3 Å². The van der Waals surface area contributed by atoms with Crippen LogP contribution in [0.15, 0.2) is 42.5 Å². The molecule has 122 valence electrons. The van der Waals surface area contributed by atoms with E-state index in [0.717, 1.165) is 28.7 Å². The van der Waals surface area contributed by atoms with Crippen LogP contribution in [0.3, 0.4) is 0 Å². The summed E-state index contributed by atoms with van der Waals surface area (Å²) in [4.78, 5) is 11.1. The van der Waals surface area contributed by atoms with Crippen molar-refractivity contribution in [2.24, 2.45) is 0 Å². The zero-order valence-corrected chi connectivity index (χ0v) is 14.3. The van der Waals surface area contributed by atoms with Gasteiger partial charge >= 0.3 is 33.9 Å². The van der Waals surface area contributed by atoms with Gasteiger partial charge in [-0.05, 0) is 24.1 Å². The average molecular weight is 362 g/mol. The van der Waals surface area contributed by atoms with Crippen LogP contribution in [0.25, 0.3) is 11.1 Å². The van der Waals surface area contributed by atoms with Gasteiger partial charge in [0.05, 0.1) is 7.11 Å². The van der Waals surface area contributed by atoms with Gasteiger partial charge in [-0.2, -0.15) is 0 Å². The van der Waals surface area contributed by atoms with Crippen molar-refractivity contribution in [2.75, 3.05) is 7.11 Å². The van der Waals surface area contributed by atoms with E-state index in [1.54, 1.807) is 13.2 Å². The maximum atomic E-state index is 11.1. The Balaban J connectivity index is -0.000000569. The molecule has 0 heterocycles. The van der Waals surface area contributed by atoms with E-state index < -0.39 is 0 Å². The minimum Gasteiger partial charge on any atom is 0 e. The number of aldehydes is 1. The maximum absolute atomic E-state index is 11.1. The van der Waals surface area contributed by atoms with Crippen LogP contribution in [0.5, 0.6) is 5.75 Å². The van der Waals surface area contributed by atoms with E-state index in [4.69, 9.17) is 18.7 Å². The minimum atomic E-state index is 0. The molecule has 2 aromatic rings. The smallest absolute Gasteiger partial charge is 0 e. The van der Waals surface area contributed by atoms with Gasteiger partial charge in [-0.3, -0.25) is 4.79 Å². The number of aryl methyl sites for hydroxylation is 1. The van der Waals surface area contributed by atoms with Crippen molar-refractivity contribution in [3.05, 3.63) is 73.5 Å². The molecule has 0 aromatic heterocycles. The fourth-order valence-electron chi connectivity index (χ4n) is 1.96. The van der Waals surface area contributed by atoms with Crippen molar-refractivity contribution in [1.82, 2.24) is 0 Å². The molecule has 6 heteroatoms. The third kappa shape index (κ3) is 7.28. The van der Waals surface area contributed by atoms with Gasteiger partial charge in [-0.25, -0.2) is 0 Å². The van der Waals surface area contributed by atoms with E-state index in [2.05, 4.69) is 20.0 Å². The van der Waals surface area contributed by atoms with Crippen LogP contribution >= 0.6 is 0 Å². The van der Waals surface area contributed by atoms with Gasteiger partial charge in [-0.1, -0.05) is 36.4 Å². The first-order valence-electron chi connectivity index (χ1n) is 6.07. The summed E-state index contributed by atoms with van der Waals surface area (Å²) in [6.45, 7) is 15.5. The summed E-state index contributed by atoms with van der Waals surface area (Å²) in [5.74, 6) is 0.726. The molecule has 0 bridgehead atoms. The normalized spacial score (nSPS) is 7.33. The van der Waals surface area contributed by atoms with E-state index in [9.17, 15) is 4.79 Å². The summed E-state index contributed by atoms with van der Waals surface area (Å²) in [6, 6.07) is 13.5. The van der Waals surface area contributed by atoms with Crippen molar-refractivity contribution in [1.29, 1.82) is 0 Å². The first-order valence-corrected chi connectivity index (χ1v) is 6.07. The van der Waals surface area contributed by atoms with E-state index in [-0.39, 0.29) is 17.4 Å². The summed E-state index contributed by atoms with van der Waals surface area (Å²) >= 11 is 0. The molecule has 5 nitrogen and oxygen atoms in total. The largest absolute Gasteiger partial charge is 0 e. The number of methoxy groups -OCH3 is 1. The molecule has 0 amide bonds. The molecular weight excluding hydrogens is 348 g/mol. The Kier molecular flexibility index (Phi) is 18.8. The van der Waals surface area contributed by atoms with E-state index in [1.165, 1.54) is 0 Å². The Morgan fingerprint density at radius 2 is 1.46 bits per heavy atom. The molecule has 0 spiro atoms. The molecule has 0 aliphatic heterocycles. The Labute approximate surface area is 151 Å². The van der Waals surface area contributed by atoms with E-state index >= 15 is 0 Å². The molecule has 0 fully saturated rings. The molecular formula is C18H14CrO5. The number of hydrogen-bond acceptors (Lipinski definition) is 2. The number of carbonyl (C=O) groups excluding carboxylic acids is 1. The monoisotopic (exact) mass is 362 g/mol. The average Bonchev–Trinajstić information content (AvgIpc) is 2.66. The SMILES string of the molecule is COc1cccc(C=O)c1-c1ccccc1C.[C-]#[O+].[C-]#[O+].[C-]#[O+].[Cr]. The molecule has 0 unspecified atom stereocenters.